The van der Waals surface area contributed by atoms with Gasteiger partial charge in [0, 0.05) is 17.8 Å². The molecule has 1 aliphatic heterocycles. The van der Waals surface area contributed by atoms with Crippen molar-refractivity contribution in [2.75, 3.05) is 18.1 Å². The highest BCUT2D eigenvalue weighted by Gasteiger charge is 2.20. The normalized spacial score (nSPS) is 21.0. The average molecular weight is 313 g/mol. The van der Waals surface area contributed by atoms with E-state index in [2.05, 4.69) is 5.32 Å². The lowest BCUT2D eigenvalue weighted by molar-refractivity contribution is 0.549. The first-order valence-electron chi connectivity index (χ1n) is 7.12. The van der Waals surface area contributed by atoms with Gasteiger partial charge in [-0.15, -0.1) is 0 Å². The number of hydrogen-bond donors (Lipinski definition) is 1. The largest absolute Gasteiger partial charge is 0.312 e. The van der Waals surface area contributed by atoms with Crippen LogP contribution in [0.15, 0.2) is 29.2 Å². The van der Waals surface area contributed by atoms with Gasteiger partial charge in [-0.25, -0.2) is 8.42 Å². The van der Waals surface area contributed by atoms with Crippen molar-refractivity contribution in [3.63, 3.8) is 0 Å². The average Bonchev–Trinajstić information content (AvgIpc) is 2.89. The SMILES string of the molecule is Cc1ccc(S(=O)(=O)CC(C)NCC2CCCS2)cc1. The Morgan fingerprint density at radius 3 is 2.65 bits per heavy atom. The minimum absolute atomic E-state index is 0.0116. The van der Waals surface area contributed by atoms with E-state index in [9.17, 15) is 8.42 Å². The second kappa shape index (κ2) is 6.96. The second-order valence-electron chi connectivity index (χ2n) is 5.54. The van der Waals surface area contributed by atoms with Gasteiger partial charge in [0.1, 0.15) is 0 Å². The number of rotatable bonds is 6. The molecular formula is C15H23NO2S2. The summed E-state index contributed by atoms with van der Waals surface area (Å²) in [6, 6.07) is 7.08. The van der Waals surface area contributed by atoms with Gasteiger partial charge in [0.15, 0.2) is 9.84 Å². The Hall–Kier alpha value is -0.520. The van der Waals surface area contributed by atoms with Crippen molar-refractivity contribution in [1.82, 2.24) is 5.32 Å². The zero-order valence-electron chi connectivity index (χ0n) is 12.1. The summed E-state index contributed by atoms with van der Waals surface area (Å²) in [5.74, 6) is 1.40. The molecule has 1 fully saturated rings. The van der Waals surface area contributed by atoms with Gasteiger partial charge < -0.3 is 5.32 Å². The van der Waals surface area contributed by atoms with Crippen LogP contribution in [-0.4, -0.2) is 37.8 Å². The van der Waals surface area contributed by atoms with E-state index in [-0.39, 0.29) is 11.8 Å². The lowest BCUT2D eigenvalue weighted by Crippen LogP contribution is -2.36. The second-order valence-corrected chi connectivity index (χ2v) is 8.98. The molecule has 2 atom stereocenters. The van der Waals surface area contributed by atoms with Crippen molar-refractivity contribution in [1.29, 1.82) is 0 Å². The number of thioether (sulfide) groups is 1. The Bertz CT molecular complexity index is 519. The lowest BCUT2D eigenvalue weighted by Gasteiger charge is -2.17. The molecule has 112 valence electrons. The van der Waals surface area contributed by atoms with E-state index in [0.717, 1.165) is 12.1 Å². The van der Waals surface area contributed by atoms with Crippen molar-refractivity contribution in [3.8, 4) is 0 Å². The molecule has 0 spiro atoms. The van der Waals surface area contributed by atoms with Crippen molar-refractivity contribution >= 4 is 21.6 Å². The van der Waals surface area contributed by atoms with Crippen molar-refractivity contribution in [2.24, 2.45) is 0 Å². The van der Waals surface area contributed by atoms with Gasteiger partial charge in [-0.1, -0.05) is 17.7 Å². The lowest BCUT2D eigenvalue weighted by atomic mass is 10.2. The number of nitrogens with one attached hydrogen (secondary N) is 1. The first-order chi connectivity index (χ1) is 9.47. The fraction of sp³-hybridized carbons (Fsp3) is 0.600. The van der Waals surface area contributed by atoms with Crippen LogP contribution in [0.2, 0.25) is 0 Å². The van der Waals surface area contributed by atoms with E-state index < -0.39 is 9.84 Å². The number of aryl methyl sites for hydroxylation is 1. The molecule has 0 amide bonds. The fourth-order valence-electron chi connectivity index (χ4n) is 2.37. The summed E-state index contributed by atoms with van der Waals surface area (Å²) >= 11 is 1.99. The quantitative estimate of drug-likeness (QED) is 0.877. The van der Waals surface area contributed by atoms with Crippen molar-refractivity contribution in [2.45, 2.75) is 42.9 Å². The molecule has 1 aromatic carbocycles. The Balaban J connectivity index is 1.88. The van der Waals surface area contributed by atoms with Crippen LogP contribution in [0, 0.1) is 6.92 Å². The van der Waals surface area contributed by atoms with Crippen molar-refractivity contribution in [3.05, 3.63) is 29.8 Å². The third-order valence-electron chi connectivity index (χ3n) is 3.57. The van der Waals surface area contributed by atoms with E-state index in [4.69, 9.17) is 0 Å². The zero-order chi connectivity index (χ0) is 14.6. The van der Waals surface area contributed by atoms with Crippen LogP contribution >= 0.6 is 11.8 Å². The van der Waals surface area contributed by atoms with Crippen LogP contribution in [0.25, 0.3) is 0 Å². The van der Waals surface area contributed by atoms with Crippen LogP contribution < -0.4 is 5.32 Å². The number of sulfone groups is 1. The predicted molar refractivity (Wildman–Crippen MR) is 86.2 cm³/mol. The number of hydrogen-bond acceptors (Lipinski definition) is 4. The third-order valence-corrected chi connectivity index (χ3v) is 6.89. The van der Waals surface area contributed by atoms with Gasteiger partial charge in [0.25, 0.3) is 0 Å². The molecule has 3 nitrogen and oxygen atoms in total. The van der Waals surface area contributed by atoms with E-state index in [1.54, 1.807) is 12.1 Å². The van der Waals surface area contributed by atoms with Crippen LogP contribution in [0.5, 0.6) is 0 Å². The molecule has 1 saturated heterocycles. The Kier molecular flexibility index (Phi) is 5.52. The first kappa shape index (κ1) is 15.9. The fourth-order valence-corrected chi connectivity index (χ4v) is 5.10. The Morgan fingerprint density at radius 2 is 2.05 bits per heavy atom. The molecule has 0 radical (unpaired) electrons. The highest BCUT2D eigenvalue weighted by molar-refractivity contribution is 8.00. The Labute approximate surface area is 126 Å². The van der Waals surface area contributed by atoms with E-state index in [1.807, 2.05) is 37.7 Å². The Morgan fingerprint density at radius 1 is 1.35 bits per heavy atom. The van der Waals surface area contributed by atoms with Gasteiger partial charge in [-0.2, -0.15) is 11.8 Å². The van der Waals surface area contributed by atoms with Gasteiger partial charge in [-0.3, -0.25) is 0 Å². The molecule has 0 aliphatic carbocycles. The van der Waals surface area contributed by atoms with E-state index >= 15 is 0 Å². The zero-order valence-corrected chi connectivity index (χ0v) is 13.8. The molecule has 0 bridgehead atoms. The summed E-state index contributed by atoms with van der Waals surface area (Å²) in [5, 5.41) is 4.01. The highest BCUT2D eigenvalue weighted by atomic mass is 32.2. The van der Waals surface area contributed by atoms with Gasteiger partial charge in [0.05, 0.1) is 10.6 Å². The molecule has 1 aliphatic rings. The number of benzene rings is 1. The molecular weight excluding hydrogens is 290 g/mol. The van der Waals surface area contributed by atoms with Crippen LogP contribution in [0.3, 0.4) is 0 Å². The van der Waals surface area contributed by atoms with E-state index in [0.29, 0.717) is 10.1 Å². The summed E-state index contributed by atoms with van der Waals surface area (Å²) in [6.45, 7) is 4.82. The maximum Gasteiger partial charge on any atom is 0.179 e. The molecule has 1 heterocycles. The topological polar surface area (TPSA) is 46.2 Å². The highest BCUT2D eigenvalue weighted by Crippen LogP contribution is 2.25. The minimum Gasteiger partial charge on any atom is -0.312 e. The summed E-state index contributed by atoms with van der Waals surface area (Å²) in [5.41, 5.74) is 1.08. The van der Waals surface area contributed by atoms with Gasteiger partial charge in [0.2, 0.25) is 0 Å². The smallest absolute Gasteiger partial charge is 0.179 e. The molecule has 20 heavy (non-hydrogen) atoms. The minimum atomic E-state index is -3.19. The summed E-state index contributed by atoms with van der Waals surface area (Å²) in [4.78, 5) is 0.423. The van der Waals surface area contributed by atoms with Crippen LogP contribution in [0.1, 0.15) is 25.3 Å². The molecule has 0 aromatic heterocycles. The van der Waals surface area contributed by atoms with Gasteiger partial charge in [-0.05, 0) is 44.6 Å². The molecule has 5 heteroatoms. The predicted octanol–water partition coefficient (Wildman–Crippen LogP) is 2.64. The third kappa shape index (κ3) is 4.50. The molecule has 1 N–H and O–H groups in total. The molecule has 2 rings (SSSR count). The maximum atomic E-state index is 12.3. The van der Waals surface area contributed by atoms with Crippen LogP contribution in [0.4, 0.5) is 0 Å². The van der Waals surface area contributed by atoms with Crippen LogP contribution in [-0.2, 0) is 9.84 Å². The van der Waals surface area contributed by atoms with Crippen molar-refractivity contribution < 1.29 is 8.42 Å². The maximum absolute atomic E-state index is 12.3. The van der Waals surface area contributed by atoms with Gasteiger partial charge >= 0.3 is 0 Å². The monoisotopic (exact) mass is 313 g/mol. The molecule has 0 saturated carbocycles. The first-order valence-corrected chi connectivity index (χ1v) is 9.82. The molecule has 2 unspecified atom stereocenters. The van der Waals surface area contributed by atoms with E-state index in [1.165, 1.54) is 18.6 Å². The summed E-state index contributed by atoms with van der Waals surface area (Å²) in [7, 11) is -3.19. The standard InChI is InChI=1S/C15H23NO2S2/c1-12-5-7-15(8-6-12)20(17,18)11-13(2)16-10-14-4-3-9-19-14/h5-8,13-14,16H,3-4,9-11H2,1-2H3. The molecule has 1 aromatic rings. The summed E-state index contributed by atoms with van der Waals surface area (Å²) < 4.78 is 24.6. The summed E-state index contributed by atoms with van der Waals surface area (Å²) in [6.07, 6.45) is 2.53.